The second-order valence-corrected chi connectivity index (χ2v) is 8.75. The van der Waals surface area contributed by atoms with E-state index in [0.29, 0.717) is 12.8 Å². The third-order valence-corrected chi connectivity index (χ3v) is 5.76. The molecular weight excluding hydrogens is 374 g/mol. The fourth-order valence-corrected chi connectivity index (χ4v) is 3.71. The van der Waals surface area contributed by atoms with Crippen LogP contribution in [-0.2, 0) is 4.79 Å². The number of aliphatic hydroxyl groups is 2. The molecule has 0 spiro atoms. The molecule has 3 N–H and O–H groups in total. The summed E-state index contributed by atoms with van der Waals surface area (Å²) in [6, 6.07) is -0.531. The lowest BCUT2D eigenvalue weighted by Gasteiger charge is -2.22. The van der Waals surface area contributed by atoms with Gasteiger partial charge in [0.25, 0.3) is 0 Å². The third kappa shape index (κ3) is 19.1. The maximum absolute atomic E-state index is 12.1. The first-order valence-corrected chi connectivity index (χ1v) is 12.9. The largest absolute Gasteiger partial charge is 0.394 e. The van der Waals surface area contributed by atoms with Gasteiger partial charge in [-0.1, -0.05) is 103 Å². The van der Waals surface area contributed by atoms with Crippen molar-refractivity contribution in [1.82, 2.24) is 5.32 Å². The molecule has 0 aliphatic carbocycles. The Balaban J connectivity index is 3.68. The Morgan fingerprint density at radius 1 is 0.767 bits per heavy atom. The molecule has 1 amide bonds. The Bertz CT molecular complexity index is 398. The lowest BCUT2D eigenvalue weighted by Crippen LogP contribution is -2.45. The molecule has 0 aliphatic rings. The summed E-state index contributed by atoms with van der Waals surface area (Å²) in [7, 11) is 0. The highest BCUT2D eigenvalue weighted by Gasteiger charge is 2.19. The van der Waals surface area contributed by atoms with Crippen molar-refractivity contribution in [3.05, 3.63) is 12.2 Å². The number of carbonyl (C=O) groups is 1. The van der Waals surface area contributed by atoms with Crippen LogP contribution in [-0.4, -0.2) is 34.9 Å². The lowest BCUT2D eigenvalue weighted by molar-refractivity contribution is -0.123. The number of rotatable bonds is 22. The van der Waals surface area contributed by atoms with Crippen LogP contribution in [0.15, 0.2) is 12.2 Å². The predicted molar refractivity (Wildman–Crippen MR) is 129 cm³/mol. The van der Waals surface area contributed by atoms with Crippen molar-refractivity contribution in [3.8, 4) is 0 Å². The van der Waals surface area contributed by atoms with Crippen LogP contribution < -0.4 is 5.32 Å². The van der Waals surface area contributed by atoms with E-state index in [1.165, 1.54) is 70.6 Å². The SMILES string of the molecule is CCC/C=C\CCCCCCCC(=O)NC(CO)C(O)CCCCCCCCCC. The van der Waals surface area contributed by atoms with Crippen LogP contribution >= 0.6 is 0 Å². The molecule has 30 heavy (non-hydrogen) atoms. The molecule has 178 valence electrons. The molecule has 2 atom stereocenters. The maximum Gasteiger partial charge on any atom is 0.220 e. The summed E-state index contributed by atoms with van der Waals surface area (Å²) < 4.78 is 0. The Labute approximate surface area is 186 Å². The highest BCUT2D eigenvalue weighted by molar-refractivity contribution is 5.76. The molecule has 0 saturated heterocycles. The predicted octanol–water partition coefficient (Wildman–Crippen LogP) is 6.44. The molecule has 4 nitrogen and oxygen atoms in total. The topological polar surface area (TPSA) is 69.6 Å². The van der Waals surface area contributed by atoms with Crippen LogP contribution in [0.25, 0.3) is 0 Å². The van der Waals surface area contributed by atoms with E-state index in [-0.39, 0.29) is 12.5 Å². The minimum Gasteiger partial charge on any atom is -0.394 e. The van der Waals surface area contributed by atoms with Crippen molar-refractivity contribution >= 4 is 5.91 Å². The number of aliphatic hydroxyl groups excluding tert-OH is 2. The second-order valence-electron chi connectivity index (χ2n) is 8.75. The first kappa shape index (κ1) is 29.1. The summed E-state index contributed by atoms with van der Waals surface area (Å²) in [4.78, 5) is 12.1. The van der Waals surface area contributed by atoms with Crippen molar-refractivity contribution in [2.75, 3.05) is 6.61 Å². The summed E-state index contributed by atoms with van der Waals surface area (Å²) in [6.45, 7) is 4.23. The van der Waals surface area contributed by atoms with Gasteiger partial charge in [-0.15, -0.1) is 0 Å². The van der Waals surface area contributed by atoms with Gasteiger partial charge in [-0.2, -0.15) is 0 Å². The molecular formula is C26H51NO3. The number of allylic oxidation sites excluding steroid dienone is 2. The Morgan fingerprint density at radius 2 is 1.33 bits per heavy atom. The fourth-order valence-electron chi connectivity index (χ4n) is 3.71. The number of hydrogen-bond donors (Lipinski definition) is 3. The van der Waals surface area contributed by atoms with E-state index in [0.717, 1.165) is 32.1 Å². The van der Waals surface area contributed by atoms with Gasteiger partial charge in [0.15, 0.2) is 0 Å². The minimum atomic E-state index is -0.653. The molecule has 0 radical (unpaired) electrons. The molecule has 0 bridgehead atoms. The molecule has 0 aromatic carbocycles. The van der Waals surface area contributed by atoms with E-state index >= 15 is 0 Å². The van der Waals surface area contributed by atoms with E-state index in [4.69, 9.17) is 0 Å². The number of hydrogen-bond acceptors (Lipinski definition) is 3. The monoisotopic (exact) mass is 425 g/mol. The van der Waals surface area contributed by atoms with Crippen LogP contribution in [0.5, 0.6) is 0 Å². The van der Waals surface area contributed by atoms with Gasteiger partial charge < -0.3 is 15.5 Å². The minimum absolute atomic E-state index is 0.0495. The zero-order chi connectivity index (χ0) is 22.3. The van der Waals surface area contributed by atoms with Crippen molar-refractivity contribution < 1.29 is 15.0 Å². The van der Waals surface area contributed by atoms with Gasteiger partial charge in [0.2, 0.25) is 5.91 Å². The Kier molecular flexibility index (Phi) is 22.1. The van der Waals surface area contributed by atoms with Crippen molar-refractivity contribution in [2.24, 2.45) is 0 Å². The van der Waals surface area contributed by atoms with Crippen LogP contribution in [0.4, 0.5) is 0 Å². The second kappa shape index (κ2) is 22.8. The summed E-state index contributed by atoms with van der Waals surface area (Å²) >= 11 is 0. The van der Waals surface area contributed by atoms with Crippen LogP contribution in [0.1, 0.15) is 129 Å². The molecule has 4 heteroatoms. The van der Waals surface area contributed by atoms with E-state index in [1.807, 2.05) is 0 Å². The Morgan fingerprint density at radius 3 is 1.97 bits per heavy atom. The summed E-state index contributed by atoms with van der Waals surface area (Å²) in [5.41, 5.74) is 0. The van der Waals surface area contributed by atoms with E-state index in [2.05, 4.69) is 31.3 Å². The lowest BCUT2D eigenvalue weighted by atomic mass is 10.0. The number of nitrogens with one attached hydrogen (secondary N) is 1. The normalized spacial score (nSPS) is 13.6. The van der Waals surface area contributed by atoms with Crippen molar-refractivity contribution in [2.45, 2.75) is 142 Å². The molecule has 0 aromatic heterocycles. The molecule has 0 heterocycles. The van der Waals surface area contributed by atoms with E-state index in [9.17, 15) is 15.0 Å². The molecule has 0 fully saturated rings. The molecule has 0 rings (SSSR count). The zero-order valence-electron chi connectivity index (χ0n) is 20.0. The number of amides is 1. The molecule has 2 unspecified atom stereocenters. The molecule has 0 saturated carbocycles. The maximum atomic E-state index is 12.1. The average Bonchev–Trinajstić information content (AvgIpc) is 2.75. The summed E-state index contributed by atoms with van der Waals surface area (Å²) in [6.07, 6.45) is 23.9. The number of carbonyl (C=O) groups excluding carboxylic acids is 1. The first-order chi connectivity index (χ1) is 14.7. The van der Waals surface area contributed by atoms with Crippen LogP contribution in [0.3, 0.4) is 0 Å². The van der Waals surface area contributed by atoms with Crippen LogP contribution in [0, 0.1) is 0 Å². The van der Waals surface area contributed by atoms with E-state index < -0.39 is 12.1 Å². The van der Waals surface area contributed by atoms with Gasteiger partial charge in [-0.25, -0.2) is 0 Å². The smallest absolute Gasteiger partial charge is 0.220 e. The molecule has 0 aliphatic heterocycles. The first-order valence-electron chi connectivity index (χ1n) is 12.9. The fraction of sp³-hybridized carbons (Fsp3) is 0.885. The standard InChI is InChI=1S/C26H51NO3/c1-3-5-7-9-11-13-14-16-18-20-22-26(30)27-24(23-28)25(29)21-19-17-15-12-10-8-6-4-2/h7,9,24-25,28-29H,3-6,8,10-23H2,1-2H3,(H,27,30)/b9-7-. The quantitative estimate of drug-likeness (QED) is 0.138. The Hall–Kier alpha value is -0.870. The van der Waals surface area contributed by atoms with Crippen molar-refractivity contribution in [1.29, 1.82) is 0 Å². The highest BCUT2D eigenvalue weighted by atomic mass is 16.3. The van der Waals surface area contributed by atoms with Gasteiger partial charge >= 0.3 is 0 Å². The van der Waals surface area contributed by atoms with Gasteiger partial charge in [-0.05, 0) is 32.1 Å². The van der Waals surface area contributed by atoms with Gasteiger partial charge in [0.1, 0.15) is 0 Å². The van der Waals surface area contributed by atoms with Gasteiger partial charge in [-0.3, -0.25) is 4.79 Å². The van der Waals surface area contributed by atoms with Crippen LogP contribution in [0.2, 0.25) is 0 Å². The highest BCUT2D eigenvalue weighted by Crippen LogP contribution is 2.12. The molecule has 0 aromatic rings. The van der Waals surface area contributed by atoms with Gasteiger partial charge in [0.05, 0.1) is 18.8 Å². The zero-order valence-corrected chi connectivity index (χ0v) is 20.0. The van der Waals surface area contributed by atoms with E-state index in [1.54, 1.807) is 0 Å². The summed E-state index contributed by atoms with van der Waals surface area (Å²) in [5, 5.41) is 22.7. The van der Waals surface area contributed by atoms with Gasteiger partial charge in [0, 0.05) is 6.42 Å². The average molecular weight is 426 g/mol. The number of unbranched alkanes of at least 4 members (excludes halogenated alkanes) is 13. The summed E-state index contributed by atoms with van der Waals surface area (Å²) in [5.74, 6) is -0.0495. The van der Waals surface area contributed by atoms with Crippen molar-refractivity contribution in [3.63, 3.8) is 0 Å². The third-order valence-electron chi connectivity index (χ3n) is 5.76.